The van der Waals surface area contributed by atoms with E-state index in [2.05, 4.69) is 4.72 Å². The van der Waals surface area contributed by atoms with E-state index >= 15 is 0 Å². The number of carbonyl (C=O) groups is 2. The van der Waals surface area contributed by atoms with Crippen molar-refractivity contribution in [2.75, 3.05) is 19.6 Å². The van der Waals surface area contributed by atoms with Gasteiger partial charge in [-0.2, -0.15) is 0 Å². The average molecular weight is 340 g/mol. The Morgan fingerprint density at radius 3 is 2.48 bits per heavy atom. The second-order valence-corrected chi connectivity index (χ2v) is 7.25. The van der Waals surface area contributed by atoms with Crippen molar-refractivity contribution in [2.45, 2.75) is 24.7 Å². The van der Waals surface area contributed by atoms with E-state index in [4.69, 9.17) is 5.11 Å². The quantitative estimate of drug-likeness (QED) is 0.783. The summed E-state index contributed by atoms with van der Waals surface area (Å²) in [6, 6.07) is 6.13. The maximum Gasteiger partial charge on any atom is 0.308 e. The molecule has 0 aromatic heterocycles. The van der Waals surface area contributed by atoms with Crippen molar-refractivity contribution in [3.63, 3.8) is 0 Å². The number of hydrogen-bond acceptors (Lipinski definition) is 4. The Morgan fingerprint density at radius 2 is 1.96 bits per heavy atom. The molecular formula is C15H20N2O5S. The highest BCUT2D eigenvalue weighted by Gasteiger charge is 2.30. The van der Waals surface area contributed by atoms with E-state index in [0.29, 0.717) is 25.1 Å². The van der Waals surface area contributed by atoms with Crippen LogP contribution in [0.2, 0.25) is 0 Å². The first-order valence-electron chi connectivity index (χ1n) is 7.42. The zero-order valence-electron chi connectivity index (χ0n) is 12.9. The molecule has 1 aliphatic rings. The molecule has 1 atom stereocenters. The third-order valence-electron chi connectivity index (χ3n) is 3.81. The molecule has 0 radical (unpaired) electrons. The van der Waals surface area contributed by atoms with Gasteiger partial charge >= 0.3 is 5.97 Å². The molecule has 1 heterocycles. The summed E-state index contributed by atoms with van der Waals surface area (Å²) in [5, 5.41) is 8.95. The van der Waals surface area contributed by atoms with Crippen LogP contribution in [0.25, 0.3) is 0 Å². The number of nitrogens with zero attached hydrogens (tertiary/aromatic N) is 1. The standard InChI is InChI=1S/C15H20N2O5S/c1-2-16-23(21,22)13-5-3-11(4-6-13)9-14(18)17-8-7-12(10-17)15(19)20/h3-6,12,16H,2,7-10H2,1H3,(H,19,20). The van der Waals surface area contributed by atoms with Gasteiger partial charge in [0, 0.05) is 19.6 Å². The van der Waals surface area contributed by atoms with Gasteiger partial charge in [-0.15, -0.1) is 0 Å². The summed E-state index contributed by atoms with van der Waals surface area (Å²) in [5.74, 6) is -1.51. The van der Waals surface area contributed by atoms with E-state index < -0.39 is 21.9 Å². The maximum atomic E-state index is 12.2. The Bertz CT molecular complexity index is 684. The van der Waals surface area contributed by atoms with Crippen LogP contribution in [0.4, 0.5) is 0 Å². The minimum absolute atomic E-state index is 0.133. The SMILES string of the molecule is CCNS(=O)(=O)c1ccc(CC(=O)N2CCC(C(=O)O)C2)cc1. The average Bonchev–Trinajstić information content (AvgIpc) is 2.98. The van der Waals surface area contributed by atoms with Crippen molar-refractivity contribution in [1.29, 1.82) is 0 Å². The normalized spacial score (nSPS) is 18.1. The number of aliphatic carboxylic acids is 1. The highest BCUT2D eigenvalue weighted by Crippen LogP contribution is 2.18. The zero-order valence-corrected chi connectivity index (χ0v) is 13.7. The molecule has 7 nitrogen and oxygen atoms in total. The minimum atomic E-state index is -3.50. The van der Waals surface area contributed by atoms with Gasteiger partial charge in [0.15, 0.2) is 0 Å². The molecule has 1 aliphatic heterocycles. The fourth-order valence-electron chi connectivity index (χ4n) is 2.53. The van der Waals surface area contributed by atoms with Crippen molar-refractivity contribution in [3.05, 3.63) is 29.8 Å². The van der Waals surface area contributed by atoms with Gasteiger partial charge in [0.25, 0.3) is 0 Å². The second kappa shape index (κ2) is 7.10. The number of carboxylic acids is 1. The lowest BCUT2D eigenvalue weighted by Crippen LogP contribution is -2.31. The van der Waals surface area contributed by atoms with Crippen molar-refractivity contribution in [3.8, 4) is 0 Å². The molecule has 1 fully saturated rings. The molecule has 1 aromatic rings. The molecule has 0 spiro atoms. The van der Waals surface area contributed by atoms with Crippen LogP contribution in [0, 0.1) is 5.92 Å². The largest absolute Gasteiger partial charge is 0.481 e. The maximum absolute atomic E-state index is 12.2. The fourth-order valence-corrected chi connectivity index (χ4v) is 3.58. The second-order valence-electron chi connectivity index (χ2n) is 5.49. The molecule has 126 valence electrons. The van der Waals surface area contributed by atoms with E-state index in [1.165, 1.54) is 12.1 Å². The van der Waals surface area contributed by atoms with Gasteiger partial charge < -0.3 is 10.0 Å². The number of carbonyl (C=O) groups excluding carboxylic acids is 1. The van der Waals surface area contributed by atoms with Gasteiger partial charge in [0.05, 0.1) is 17.2 Å². The zero-order chi connectivity index (χ0) is 17.0. The van der Waals surface area contributed by atoms with Crippen molar-refractivity contribution in [1.82, 2.24) is 9.62 Å². The Morgan fingerprint density at radius 1 is 1.30 bits per heavy atom. The Labute approximate surface area is 135 Å². The third kappa shape index (κ3) is 4.29. The highest BCUT2D eigenvalue weighted by atomic mass is 32.2. The number of rotatable bonds is 6. The summed E-state index contributed by atoms with van der Waals surface area (Å²) in [6.45, 7) is 2.69. The van der Waals surface area contributed by atoms with Crippen molar-refractivity contribution >= 4 is 21.9 Å². The number of likely N-dealkylation sites (tertiary alicyclic amines) is 1. The van der Waals surface area contributed by atoms with E-state index in [9.17, 15) is 18.0 Å². The molecule has 1 saturated heterocycles. The Hall–Kier alpha value is -1.93. The minimum Gasteiger partial charge on any atom is -0.481 e. The van der Waals surface area contributed by atoms with Gasteiger partial charge in [0.1, 0.15) is 0 Å². The number of hydrogen-bond donors (Lipinski definition) is 2. The molecular weight excluding hydrogens is 320 g/mol. The highest BCUT2D eigenvalue weighted by molar-refractivity contribution is 7.89. The number of nitrogens with one attached hydrogen (secondary N) is 1. The molecule has 23 heavy (non-hydrogen) atoms. The monoisotopic (exact) mass is 340 g/mol. The van der Waals surface area contributed by atoms with Crippen molar-refractivity contribution in [2.24, 2.45) is 5.92 Å². The van der Waals surface area contributed by atoms with Crippen LogP contribution in [0.1, 0.15) is 18.9 Å². The van der Waals surface area contributed by atoms with Crippen molar-refractivity contribution < 1.29 is 23.1 Å². The molecule has 8 heteroatoms. The molecule has 1 amide bonds. The fraction of sp³-hybridized carbons (Fsp3) is 0.467. The topological polar surface area (TPSA) is 104 Å². The number of amides is 1. The predicted octanol–water partition coefficient (Wildman–Crippen LogP) is 0.460. The van der Waals surface area contributed by atoms with Crippen LogP contribution < -0.4 is 4.72 Å². The first-order valence-corrected chi connectivity index (χ1v) is 8.91. The molecule has 1 unspecified atom stereocenters. The van der Waals surface area contributed by atoms with Crippen LogP contribution in [0.15, 0.2) is 29.2 Å². The van der Waals surface area contributed by atoms with Gasteiger partial charge in [-0.3, -0.25) is 9.59 Å². The number of benzene rings is 1. The molecule has 0 aliphatic carbocycles. The summed E-state index contributed by atoms with van der Waals surface area (Å²) in [6.07, 6.45) is 0.606. The third-order valence-corrected chi connectivity index (χ3v) is 5.38. The predicted molar refractivity (Wildman–Crippen MR) is 83.3 cm³/mol. The Kier molecular flexibility index (Phi) is 5.38. The summed E-state index contributed by atoms with van der Waals surface area (Å²) in [5.41, 5.74) is 0.698. The molecule has 2 rings (SSSR count). The van der Waals surface area contributed by atoms with Gasteiger partial charge in [-0.1, -0.05) is 19.1 Å². The van der Waals surface area contributed by atoms with Crippen LogP contribution in [-0.4, -0.2) is 49.9 Å². The lowest BCUT2D eigenvalue weighted by Gasteiger charge is -2.16. The molecule has 2 N–H and O–H groups in total. The summed E-state index contributed by atoms with van der Waals surface area (Å²) >= 11 is 0. The van der Waals surface area contributed by atoms with E-state index in [1.54, 1.807) is 24.0 Å². The summed E-state index contributed by atoms with van der Waals surface area (Å²) < 4.78 is 26.1. The number of carboxylic acid groups (broad SMARTS) is 1. The van der Waals surface area contributed by atoms with Gasteiger partial charge in [0.2, 0.25) is 15.9 Å². The molecule has 0 bridgehead atoms. The summed E-state index contributed by atoms with van der Waals surface area (Å²) in [4.78, 5) is 24.8. The number of sulfonamides is 1. The van der Waals surface area contributed by atoms with E-state index in [1.807, 2.05) is 0 Å². The summed E-state index contributed by atoms with van der Waals surface area (Å²) in [7, 11) is -3.50. The van der Waals surface area contributed by atoms with Crippen LogP contribution in [0.5, 0.6) is 0 Å². The van der Waals surface area contributed by atoms with Gasteiger partial charge in [-0.25, -0.2) is 13.1 Å². The first-order chi connectivity index (χ1) is 10.8. The smallest absolute Gasteiger partial charge is 0.308 e. The molecule has 0 saturated carbocycles. The Balaban J connectivity index is 1.99. The first kappa shape index (κ1) is 17.4. The van der Waals surface area contributed by atoms with Crippen LogP contribution >= 0.6 is 0 Å². The van der Waals surface area contributed by atoms with Crippen LogP contribution in [-0.2, 0) is 26.0 Å². The van der Waals surface area contributed by atoms with Gasteiger partial charge in [-0.05, 0) is 24.1 Å². The molecule has 1 aromatic carbocycles. The van der Waals surface area contributed by atoms with E-state index in [0.717, 1.165) is 0 Å². The van der Waals surface area contributed by atoms with Crippen LogP contribution in [0.3, 0.4) is 0 Å². The van der Waals surface area contributed by atoms with E-state index in [-0.39, 0.29) is 23.8 Å². The lowest BCUT2D eigenvalue weighted by atomic mass is 10.1. The lowest BCUT2D eigenvalue weighted by molar-refractivity contribution is -0.141.